The lowest BCUT2D eigenvalue weighted by Gasteiger charge is -2.27. The first-order valence-electron chi connectivity index (χ1n) is 9.28. The van der Waals surface area contributed by atoms with Crippen molar-refractivity contribution in [2.24, 2.45) is 10.9 Å². The SMILES string of the molecule is CC(C)[C@@H](O)[C@@H](N=C(c1ccccc1)c1ccccc1)C(=O)OC(C)(C)C. The summed E-state index contributed by atoms with van der Waals surface area (Å²) >= 11 is 0. The summed E-state index contributed by atoms with van der Waals surface area (Å²) in [6, 6.07) is 18.3. The Morgan fingerprint density at radius 1 is 0.926 bits per heavy atom. The molecule has 2 atom stereocenters. The average Bonchev–Trinajstić information content (AvgIpc) is 2.62. The molecule has 0 aliphatic heterocycles. The molecule has 0 heterocycles. The molecule has 0 amide bonds. The fourth-order valence-electron chi connectivity index (χ4n) is 2.64. The summed E-state index contributed by atoms with van der Waals surface area (Å²) in [5.41, 5.74) is 1.77. The highest BCUT2D eigenvalue weighted by Gasteiger charge is 2.33. The van der Waals surface area contributed by atoms with E-state index in [-0.39, 0.29) is 5.92 Å². The molecule has 2 rings (SSSR count). The Hall–Kier alpha value is -2.46. The third-order valence-corrected chi connectivity index (χ3v) is 4.02. The fraction of sp³-hybridized carbons (Fsp3) is 0.391. The minimum atomic E-state index is -1.00. The molecule has 0 aromatic heterocycles. The van der Waals surface area contributed by atoms with Crippen LogP contribution in [0.15, 0.2) is 65.7 Å². The van der Waals surface area contributed by atoms with Gasteiger partial charge in [-0.05, 0) is 26.7 Å². The lowest BCUT2D eigenvalue weighted by Crippen LogP contribution is -2.41. The molecule has 0 fully saturated rings. The van der Waals surface area contributed by atoms with Crippen LogP contribution in [0.25, 0.3) is 0 Å². The molecule has 144 valence electrons. The van der Waals surface area contributed by atoms with E-state index in [0.29, 0.717) is 5.71 Å². The van der Waals surface area contributed by atoms with Crippen LogP contribution in [0.2, 0.25) is 0 Å². The molecule has 4 nitrogen and oxygen atoms in total. The maximum Gasteiger partial charge on any atom is 0.334 e. The molecule has 27 heavy (non-hydrogen) atoms. The average molecular weight is 367 g/mol. The van der Waals surface area contributed by atoms with Gasteiger partial charge in [0, 0.05) is 11.1 Å². The highest BCUT2D eigenvalue weighted by atomic mass is 16.6. The first-order chi connectivity index (χ1) is 12.7. The fourth-order valence-corrected chi connectivity index (χ4v) is 2.64. The Kier molecular flexibility index (Phi) is 6.92. The van der Waals surface area contributed by atoms with Crippen LogP contribution in [0.4, 0.5) is 0 Å². The molecular weight excluding hydrogens is 338 g/mol. The number of rotatable bonds is 6. The molecule has 2 aromatic carbocycles. The van der Waals surface area contributed by atoms with Gasteiger partial charge in [0.2, 0.25) is 0 Å². The van der Waals surface area contributed by atoms with Crippen molar-refractivity contribution in [1.29, 1.82) is 0 Å². The molecule has 0 bridgehead atoms. The first-order valence-corrected chi connectivity index (χ1v) is 9.28. The monoisotopic (exact) mass is 367 g/mol. The third kappa shape index (κ3) is 6.04. The molecule has 0 saturated heterocycles. The first kappa shape index (κ1) is 20.8. The van der Waals surface area contributed by atoms with E-state index in [1.54, 1.807) is 0 Å². The standard InChI is InChI=1S/C23H29NO3/c1-16(2)21(25)20(22(26)27-23(3,4)5)24-19(17-12-8-6-9-13-17)18-14-10-7-11-15-18/h6-16,20-21,25H,1-5H3/t20-,21-/m1/s1. The topological polar surface area (TPSA) is 58.9 Å². The number of hydrogen-bond acceptors (Lipinski definition) is 4. The van der Waals surface area contributed by atoms with E-state index in [1.165, 1.54) is 0 Å². The van der Waals surface area contributed by atoms with Crippen LogP contribution in [0, 0.1) is 5.92 Å². The molecule has 4 heteroatoms. The van der Waals surface area contributed by atoms with Crippen LogP contribution in [0.3, 0.4) is 0 Å². The summed E-state index contributed by atoms with van der Waals surface area (Å²) in [5.74, 6) is -0.660. The molecule has 1 N–H and O–H groups in total. The van der Waals surface area contributed by atoms with E-state index in [1.807, 2.05) is 95.3 Å². The Morgan fingerprint density at radius 2 is 1.37 bits per heavy atom. The van der Waals surface area contributed by atoms with Gasteiger partial charge >= 0.3 is 5.97 Å². The van der Waals surface area contributed by atoms with E-state index in [2.05, 4.69) is 0 Å². The summed E-state index contributed by atoms with van der Waals surface area (Å²) < 4.78 is 5.54. The van der Waals surface area contributed by atoms with Crippen LogP contribution in [0.1, 0.15) is 45.7 Å². The number of aliphatic imine (C=N–C) groups is 1. The number of aliphatic hydroxyl groups is 1. The zero-order valence-corrected chi connectivity index (χ0v) is 16.7. The Balaban J connectivity index is 2.55. The van der Waals surface area contributed by atoms with Gasteiger partial charge in [-0.15, -0.1) is 0 Å². The van der Waals surface area contributed by atoms with Crippen molar-refractivity contribution in [3.63, 3.8) is 0 Å². The highest BCUT2D eigenvalue weighted by molar-refractivity contribution is 6.13. The van der Waals surface area contributed by atoms with Crippen LogP contribution < -0.4 is 0 Å². The molecule has 0 aliphatic rings. The van der Waals surface area contributed by atoms with Crippen LogP contribution in [0.5, 0.6) is 0 Å². The number of ether oxygens (including phenoxy) is 1. The van der Waals surface area contributed by atoms with E-state index in [4.69, 9.17) is 9.73 Å². The smallest absolute Gasteiger partial charge is 0.334 e. The Morgan fingerprint density at radius 3 is 1.74 bits per heavy atom. The second-order valence-corrected chi connectivity index (χ2v) is 7.92. The predicted molar refractivity (Wildman–Crippen MR) is 109 cm³/mol. The van der Waals surface area contributed by atoms with Crippen molar-refractivity contribution < 1.29 is 14.6 Å². The molecule has 0 aliphatic carbocycles. The van der Waals surface area contributed by atoms with Gasteiger partial charge in [-0.3, -0.25) is 4.99 Å². The quantitative estimate of drug-likeness (QED) is 0.613. The zero-order chi connectivity index (χ0) is 20.0. The number of hydrogen-bond donors (Lipinski definition) is 1. The zero-order valence-electron chi connectivity index (χ0n) is 16.7. The summed E-state index contributed by atoms with van der Waals surface area (Å²) in [7, 11) is 0. The number of carbonyl (C=O) groups is 1. The second-order valence-electron chi connectivity index (χ2n) is 7.92. The van der Waals surface area contributed by atoms with Crippen molar-refractivity contribution in [3.05, 3.63) is 71.8 Å². The second kappa shape index (κ2) is 8.96. The lowest BCUT2D eigenvalue weighted by atomic mass is 9.97. The number of aliphatic hydroxyl groups excluding tert-OH is 1. The summed E-state index contributed by atoms with van der Waals surface area (Å²) in [4.78, 5) is 17.5. The van der Waals surface area contributed by atoms with E-state index in [0.717, 1.165) is 11.1 Å². The minimum Gasteiger partial charge on any atom is -0.458 e. The molecule has 0 saturated carbocycles. The summed E-state index contributed by atoms with van der Waals surface area (Å²) in [6.07, 6.45) is -0.942. The molecule has 0 radical (unpaired) electrons. The van der Waals surface area contributed by atoms with Crippen LogP contribution >= 0.6 is 0 Å². The van der Waals surface area contributed by atoms with Gasteiger partial charge in [-0.1, -0.05) is 74.5 Å². The molecule has 2 aromatic rings. The minimum absolute atomic E-state index is 0.140. The van der Waals surface area contributed by atoms with Gasteiger partial charge in [0.1, 0.15) is 5.60 Å². The maximum atomic E-state index is 12.8. The van der Waals surface area contributed by atoms with Crippen molar-refractivity contribution in [3.8, 4) is 0 Å². The van der Waals surface area contributed by atoms with Gasteiger partial charge in [0.15, 0.2) is 6.04 Å². The van der Waals surface area contributed by atoms with Gasteiger partial charge in [-0.25, -0.2) is 4.79 Å². The van der Waals surface area contributed by atoms with Crippen molar-refractivity contribution in [1.82, 2.24) is 0 Å². The van der Waals surface area contributed by atoms with Crippen molar-refractivity contribution in [2.75, 3.05) is 0 Å². The van der Waals surface area contributed by atoms with E-state index >= 15 is 0 Å². The molecule has 0 spiro atoms. The summed E-state index contributed by atoms with van der Waals surface area (Å²) in [5, 5.41) is 10.7. The third-order valence-electron chi connectivity index (χ3n) is 4.02. The lowest BCUT2D eigenvalue weighted by molar-refractivity contribution is -0.159. The van der Waals surface area contributed by atoms with Crippen LogP contribution in [-0.4, -0.2) is 34.5 Å². The van der Waals surface area contributed by atoms with E-state index < -0.39 is 23.7 Å². The van der Waals surface area contributed by atoms with Gasteiger partial charge < -0.3 is 9.84 Å². The number of benzene rings is 2. The number of carbonyl (C=O) groups excluding carboxylic acids is 1. The van der Waals surface area contributed by atoms with Crippen molar-refractivity contribution in [2.45, 2.75) is 52.4 Å². The predicted octanol–water partition coefficient (Wildman–Crippen LogP) is 4.25. The van der Waals surface area contributed by atoms with Gasteiger partial charge in [-0.2, -0.15) is 0 Å². The largest absolute Gasteiger partial charge is 0.458 e. The number of esters is 1. The summed E-state index contributed by atoms with van der Waals surface area (Å²) in [6.45, 7) is 9.15. The Labute approximate surface area is 161 Å². The van der Waals surface area contributed by atoms with Crippen molar-refractivity contribution >= 4 is 11.7 Å². The maximum absolute atomic E-state index is 12.8. The Bertz CT molecular complexity index is 720. The molecule has 0 unspecified atom stereocenters. The van der Waals surface area contributed by atoms with Crippen LogP contribution in [-0.2, 0) is 9.53 Å². The molecular formula is C23H29NO3. The van der Waals surface area contributed by atoms with Gasteiger partial charge in [0.05, 0.1) is 11.8 Å². The normalized spacial score (nSPS) is 13.7. The van der Waals surface area contributed by atoms with Gasteiger partial charge in [0.25, 0.3) is 0 Å². The highest BCUT2D eigenvalue weighted by Crippen LogP contribution is 2.19. The van der Waals surface area contributed by atoms with E-state index in [9.17, 15) is 9.90 Å². The number of nitrogens with zero attached hydrogens (tertiary/aromatic N) is 1.